The van der Waals surface area contributed by atoms with Gasteiger partial charge < -0.3 is 5.32 Å². The van der Waals surface area contributed by atoms with Crippen LogP contribution in [0, 0.1) is 0 Å². The summed E-state index contributed by atoms with van der Waals surface area (Å²) in [5.41, 5.74) is 0.907. The van der Waals surface area contributed by atoms with Gasteiger partial charge in [-0.3, -0.25) is 0 Å². The van der Waals surface area contributed by atoms with Crippen LogP contribution < -0.4 is 5.32 Å². The van der Waals surface area contributed by atoms with Gasteiger partial charge in [-0.2, -0.15) is 4.31 Å². The van der Waals surface area contributed by atoms with Crippen molar-refractivity contribution >= 4 is 16.1 Å². The van der Waals surface area contributed by atoms with Crippen molar-refractivity contribution in [2.75, 3.05) is 20.1 Å². The van der Waals surface area contributed by atoms with Crippen LogP contribution in [0.15, 0.2) is 35.7 Å². The van der Waals surface area contributed by atoms with E-state index in [4.69, 9.17) is 0 Å². The summed E-state index contributed by atoms with van der Waals surface area (Å²) in [6, 6.07) is 9.66. The summed E-state index contributed by atoms with van der Waals surface area (Å²) in [6.07, 6.45) is 5.57. The largest absolute Gasteiger partial charge is 0.320 e. The van der Waals surface area contributed by atoms with Crippen LogP contribution in [-0.2, 0) is 10.0 Å². The number of hydrogen-bond acceptors (Lipinski definition) is 3. The van der Waals surface area contributed by atoms with Crippen LogP contribution in [0.1, 0.15) is 31.2 Å². The number of rotatable bonds is 6. The Bertz CT molecular complexity index is 555. The van der Waals surface area contributed by atoms with E-state index in [0.717, 1.165) is 37.8 Å². The average Bonchev–Trinajstić information content (AvgIpc) is 2.52. The second-order valence-corrected chi connectivity index (χ2v) is 7.18. The maximum atomic E-state index is 12.6. The first-order valence-corrected chi connectivity index (χ1v) is 9.03. The minimum absolute atomic E-state index is 0.122. The van der Waals surface area contributed by atoms with Crippen molar-refractivity contribution in [3.8, 4) is 0 Å². The monoisotopic (exact) mass is 308 g/mol. The predicted octanol–water partition coefficient (Wildman–Crippen LogP) is 2.45. The van der Waals surface area contributed by atoms with Crippen molar-refractivity contribution in [1.29, 1.82) is 0 Å². The molecule has 1 aliphatic heterocycles. The van der Waals surface area contributed by atoms with Crippen LogP contribution in [0.2, 0.25) is 0 Å². The van der Waals surface area contributed by atoms with Crippen molar-refractivity contribution in [3.63, 3.8) is 0 Å². The Labute approximate surface area is 127 Å². The summed E-state index contributed by atoms with van der Waals surface area (Å²) in [5.74, 6) is 0. The van der Waals surface area contributed by atoms with Crippen LogP contribution in [0.3, 0.4) is 0 Å². The van der Waals surface area contributed by atoms with Crippen LogP contribution >= 0.6 is 0 Å². The molecule has 1 aliphatic rings. The third-order valence-electron chi connectivity index (χ3n) is 3.86. The topological polar surface area (TPSA) is 49.4 Å². The number of nitrogens with one attached hydrogen (secondary N) is 1. The van der Waals surface area contributed by atoms with Gasteiger partial charge in [0.2, 0.25) is 10.0 Å². The van der Waals surface area contributed by atoms with E-state index in [2.05, 4.69) is 5.32 Å². The van der Waals surface area contributed by atoms with Crippen LogP contribution in [0.25, 0.3) is 6.08 Å². The molecule has 1 heterocycles. The molecule has 0 bridgehead atoms. The van der Waals surface area contributed by atoms with Crippen LogP contribution in [0.5, 0.6) is 0 Å². The smallest absolute Gasteiger partial charge is 0.236 e. The van der Waals surface area contributed by atoms with Gasteiger partial charge in [-0.25, -0.2) is 8.42 Å². The van der Waals surface area contributed by atoms with E-state index in [1.807, 2.05) is 37.4 Å². The van der Waals surface area contributed by atoms with Crippen molar-refractivity contribution < 1.29 is 8.42 Å². The third kappa shape index (κ3) is 4.66. The fraction of sp³-hybridized carbons (Fsp3) is 0.500. The van der Waals surface area contributed by atoms with E-state index in [1.54, 1.807) is 10.4 Å². The maximum Gasteiger partial charge on any atom is 0.236 e. The van der Waals surface area contributed by atoms with Gasteiger partial charge >= 0.3 is 0 Å². The Morgan fingerprint density at radius 3 is 2.76 bits per heavy atom. The second-order valence-electron chi connectivity index (χ2n) is 5.41. The van der Waals surface area contributed by atoms with Gasteiger partial charge in [0.25, 0.3) is 0 Å². The lowest BCUT2D eigenvalue weighted by atomic mass is 10.0. The van der Waals surface area contributed by atoms with Crippen molar-refractivity contribution in [1.82, 2.24) is 9.62 Å². The van der Waals surface area contributed by atoms with Gasteiger partial charge in [-0.05, 0) is 44.5 Å². The second kappa shape index (κ2) is 7.73. The molecule has 2 rings (SSSR count). The van der Waals surface area contributed by atoms with Crippen molar-refractivity contribution in [3.05, 3.63) is 41.3 Å². The summed E-state index contributed by atoms with van der Waals surface area (Å²) < 4.78 is 26.8. The van der Waals surface area contributed by atoms with E-state index in [0.29, 0.717) is 6.54 Å². The number of benzene rings is 1. The molecule has 1 aromatic rings. The fourth-order valence-electron chi connectivity index (χ4n) is 2.72. The Morgan fingerprint density at radius 2 is 2.05 bits per heavy atom. The van der Waals surface area contributed by atoms with Gasteiger partial charge in [-0.1, -0.05) is 36.8 Å². The molecule has 116 valence electrons. The van der Waals surface area contributed by atoms with Crippen LogP contribution in [-0.4, -0.2) is 38.9 Å². The lowest BCUT2D eigenvalue weighted by molar-refractivity contribution is 0.243. The summed E-state index contributed by atoms with van der Waals surface area (Å²) in [7, 11) is -1.44. The molecule has 1 saturated heterocycles. The molecule has 0 aromatic heterocycles. The van der Waals surface area contributed by atoms with Gasteiger partial charge in [0, 0.05) is 18.0 Å². The lowest BCUT2D eigenvalue weighted by Crippen LogP contribution is -2.43. The number of nitrogens with zero attached hydrogens (tertiary/aromatic N) is 1. The zero-order chi connectivity index (χ0) is 15.1. The minimum atomic E-state index is -3.34. The minimum Gasteiger partial charge on any atom is -0.320 e. The van der Waals surface area contributed by atoms with E-state index >= 15 is 0 Å². The molecule has 0 radical (unpaired) electrons. The highest BCUT2D eigenvalue weighted by Gasteiger charge is 2.30. The first kappa shape index (κ1) is 16.2. The van der Waals surface area contributed by atoms with Gasteiger partial charge in [-0.15, -0.1) is 0 Å². The first-order valence-electron chi connectivity index (χ1n) is 7.53. The first-order chi connectivity index (χ1) is 10.1. The fourth-order valence-corrected chi connectivity index (χ4v) is 4.21. The summed E-state index contributed by atoms with van der Waals surface area (Å²) in [4.78, 5) is 0. The molecular weight excluding hydrogens is 284 g/mol. The number of sulfonamides is 1. The molecule has 1 N–H and O–H groups in total. The molecule has 4 nitrogen and oxygen atoms in total. The highest BCUT2D eigenvalue weighted by molar-refractivity contribution is 7.92. The zero-order valence-electron chi connectivity index (χ0n) is 12.5. The Balaban J connectivity index is 2.10. The van der Waals surface area contributed by atoms with Crippen LogP contribution in [0.4, 0.5) is 0 Å². The predicted molar refractivity (Wildman–Crippen MR) is 87.3 cm³/mol. The van der Waals surface area contributed by atoms with Gasteiger partial charge in [0.1, 0.15) is 0 Å². The molecule has 1 aromatic carbocycles. The number of hydrogen-bond donors (Lipinski definition) is 1. The molecular formula is C16H24N2O2S. The molecule has 5 heteroatoms. The normalized spacial score (nSPS) is 20.9. The Hall–Kier alpha value is -1.17. The van der Waals surface area contributed by atoms with E-state index in [1.165, 1.54) is 5.41 Å². The molecule has 21 heavy (non-hydrogen) atoms. The van der Waals surface area contributed by atoms with Crippen molar-refractivity contribution in [2.45, 2.75) is 31.7 Å². The Kier molecular flexibility index (Phi) is 5.96. The van der Waals surface area contributed by atoms with E-state index in [9.17, 15) is 8.42 Å². The van der Waals surface area contributed by atoms with Gasteiger partial charge in [0.05, 0.1) is 0 Å². The SMILES string of the molecule is CNCCC1CCCCN1S(=O)(=O)C=Cc1ccccc1. The highest BCUT2D eigenvalue weighted by Crippen LogP contribution is 2.23. The third-order valence-corrected chi connectivity index (χ3v) is 5.47. The lowest BCUT2D eigenvalue weighted by Gasteiger charge is -2.33. The van der Waals surface area contributed by atoms with E-state index < -0.39 is 10.0 Å². The zero-order valence-corrected chi connectivity index (χ0v) is 13.3. The molecule has 1 unspecified atom stereocenters. The highest BCUT2D eigenvalue weighted by atomic mass is 32.2. The quantitative estimate of drug-likeness (QED) is 0.878. The summed E-state index contributed by atoms with van der Waals surface area (Å²) in [6.45, 7) is 1.48. The molecule has 0 spiro atoms. The molecule has 1 fully saturated rings. The molecule has 0 aliphatic carbocycles. The maximum absolute atomic E-state index is 12.6. The van der Waals surface area contributed by atoms with Gasteiger partial charge in [0.15, 0.2) is 0 Å². The molecule has 0 saturated carbocycles. The Morgan fingerprint density at radius 1 is 1.29 bits per heavy atom. The molecule has 1 atom stereocenters. The van der Waals surface area contributed by atoms with E-state index in [-0.39, 0.29) is 6.04 Å². The molecule has 0 amide bonds. The summed E-state index contributed by atoms with van der Waals surface area (Å²) >= 11 is 0. The number of piperidine rings is 1. The summed E-state index contributed by atoms with van der Waals surface area (Å²) in [5, 5.41) is 4.45. The standard InChI is InChI=1S/C16H24N2O2S/c1-17-12-10-16-9-5-6-13-18(16)21(19,20)14-11-15-7-3-2-4-8-15/h2-4,7-8,11,14,16-17H,5-6,9-10,12-13H2,1H3. The van der Waals surface area contributed by atoms with Crippen molar-refractivity contribution in [2.24, 2.45) is 0 Å². The average molecular weight is 308 g/mol.